The van der Waals surface area contributed by atoms with E-state index in [0.29, 0.717) is 34.8 Å². The topological polar surface area (TPSA) is 103 Å². The van der Waals surface area contributed by atoms with Crippen molar-refractivity contribution in [1.29, 1.82) is 0 Å². The maximum Gasteiger partial charge on any atom is 0.251 e. The highest BCUT2D eigenvalue weighted by molar-refractivity contribution is 5.97. The van der Waals surface area contributed by atoms with Crippen molar-refractivity contribution >= 4 is 17.4 Å². The number of fused-ring (bicyclic) bond motifs is 1. The summed E-state index contributed by atoms with van der Waals surface area (Å²) in [6.07, 6.45) is 7.27. The van der Waals surface area contributed by atoms with Gasteiger partial charge in [-0.1, -0.05) is 12.1 Å². The Morgan fingerprint density at radius 3 is 2.80 bits per heavy atom. The summed E-state index contributed by atoms with van der Waals surface area (Å²) >= 11 is 0. The quantitative estimate of drug-likeness (QED) is 0.403. The fraction of sp³-hybridized carbons (Fsp3) is 0.308. The average Bonchev–Trinajstić information content (AvgIpc) is 3.54. The first-order valence-corrected chi connectivity index (χ1v) is 11.8. The summed E-state index contributed by atoms with van der Waals surface area (Å²) in [4.78, 5) is 21.5. The minimum Gasteiger partial charge on any atom is -0.437 e. The highest BCUT2D eigenvalue weighted by Gasteiger charge is 2.25. The van der Waals surface area contributed by atoms with E-state index in [1.54, 1.807) is 23.1 Å². The Kier molecular flexibility index (Phi) is 5.54. The lowest BCUT2D eigenvalue weighted by Gasteiger charge is -2.26. The van der Waals surface area contributed by atoms with Crippen LogP contribution in [0, 0.1) is 12.8 Å². The molecule has 2 fully saturated rings. The molecule has 2 N–H and O–H groups in total. The molecule has 0 unspecified atom stereocenters. The van der Waals surface area contributed by atoms with Gasteiger partial charge in [-0.05, 0) is 49.1 Å². The molecule has 1 aliphatic carbocycles. The number of amides is 1. The van der Waals surface area contributed by atoms with Gasteiger partial charge >= 0.3 is 0 Å². The SMILES string of the molecule is Cc1cc(-c2cnn3c(NCC4COC4)cc(Oc4cccnc4)nc23)ccc1C(=O)NC1CC1. The molecule has 2 aliphatic rings. The Morgan fingerprint density at radius 1 is 1.20 bits per heavy atom. The summed E-state index contributed by atoms with van der Waals surface area (Å²) in [5.41, 5.74) is 4.05. The second-order valence-electron chi connectivity index (χ2n) is 9.13. The van der Waals surface area contributed by atoms with Crippen molar-refractivity contribution < 1.29 is 14.3 Å². The van der Waals surface area contributed by atoms with Crippen LogP contribution in [-0.4, -0.2) is 51.3 Å². The normalized spacial score (nSPS) is 15.6. The largest absolute Gasteiger partial charge is 0.437 e. The Morgan fingerprint density at radius 2 is 2.09 bits per heavy atom. The van der Waals surface area contributed by atoms with Gasteiger partial charge in [0.2, 0.25) is 5.88 Å². The molecule has 0 bridgehead atoms. The molecule has 4 aromatic rings. The lowest BCUT2D eigenvalue weighted by Crippen LogP contribution is -2.33. The summed E-state index contributed by atoms with van der Waals surface area (Å²) in [5.74, 6) is 2.27. The van der Waals surface area contributed by atoms with Gasteiger partial charge in [-0.25, -0.2) is 0 Å². The third-order valence-electron chi connectivity index (χ3n) is 6.28. The molecule has 1 saturated heterocycles. The third kappa shape index (κ3) is 4.54. The first-order chi connectivity index (χ1) is 17.1. The number of nitrogens with zero attached hydrogens (tertiary/aromatic N) is 4. The van der Waals surface area contributed by atoms with Crippen molar-refractivity contribution in [1.82, 2.24) is 24.9 Å². The predicted octanol–water partition coefficient (Wildman–Crippen LogP) is 3.84. The molecule has 6 rings (SSSR count). The molecule has 9 heteroatoms. The summed E-state index contributed by atoms with van der Waals surface area (Å²) in [5, 5.41) is 11.1. The van der Waals surface area contributed by atoms with Crippen LogP contribution in [0.4, 0.5) is 5.82 Å². The second-order valence-corrected chi connectivity index (χ2v) is 9.13. The maximum atomic E-state index is 12.6. The van der Waals surface area contributed by atoms with E-state index in [4.69, 9.17) is 14.5 Å². The Bertz CT molecular complexity index is 1380. The number of hydrogen-bond donors (Lipinski definition) is 2. The predicted molar refractivity (Wildman–Crippen MR) is 131 cm³/mol. The number of aromatic nitrogens is 4. The molecular formula is C26H26N6O3. The van der Waals surface area contributed by atoms with E-state index in [-0.39, 0.29) is 5.91 Å². The van der Waals surface area contributed by atoms with Gasteiger partial charge in [-0.2, -0.15) is 14.6 Å². The molecule has 35 heavy (non-hydrogen) atoms. The molecule has 1 saturated carbocycles. The molecular weight excluding hydrogens is 444 g/mol. The van der Waals surface area contributed by atoms with Crippen LogP contribution < -0.4 is 15.4 Å². The van der Waals surface area contributed by atoms with Crippen LogP contribution in [0.3, 0.4) is 0 Å². The average molecular weight is 471 g/mol. The highest BCUT2D eigenvalue weighted by Crippen LogP contribution is 2.31. The van der Waals surface area contributed by atoms with Crippen LogP contribution in [0.25, 0.3) is 16.8 Å². The summed E-state index contributed by atoms with van der Waals surface area (Å²) in [6, 6.07) is 11.6. The first-order valence-electron chi connectivity index (χ1n) is 11.8. The molecule has 3 aromatic heterocycles. The van der Waals surface area contributed by atoms with Crippen molar-refractivity contribution in [2.24, 2.45) is 5.92 Å². The number of pyridine rings is 1. The number of benzene rings is 1. The number of ether oxygens (including phenoxy) is 2. The standard InChI is InChI=1S/C26H26N6O3/c1-16-9-18(4-7-21(16)26(33)30-19-5-6-19)22-13-29-32-23(28-11-17-14-34-15-17)10-24(31-25(22)32)35-20-3-2-8-27-12-20/h2-4,7-10,12-13,17,19,28H,5-6,11,14-15H2,1H3,(H,30,33). The lowest BCUT2D eigenvalue weighted by atomic mass is 10.0. The fourth-order valence-corrected chi connectivity index (χ4v) is 4.08. The number of nitrogens with one attached hydrogen (secondary N) is 2. The number of hydrogen-bond acceptors (Lipinski definition) is 7. The first kappa shape index (κ1) is 21.5. The van der Waals surface area contributed by atoms with Gasteiger partial charge < -0.3 is 20.1 Å². The van der Waals surface area contributed by atoms with E-state index in [1.807, 2.05) is 43.3 Å². The monoisotopic (exact) mass is 470 g/mol. The van der Waals surface area contributed by atoms with Crippen LogP contribution >= 0.6 is 0 Å². The summed E-state index contributed by atoms with van der Waals surface area (Å²) in [7, 11) is 0. The van der Waals surface area contributed by atoms with E-state index in [2.05, 4.69) is 20.7 Å². The molecule has 0 radical (unpaired) electrons. The Labute approximate surface area is 202 Å². The van der Waals surface area contributed by atoms with Crippen LogP contribution in [0.1, 0.15) is 28.8 Å². The van der Waals surface area contributed by atoms with Crippen LogP contribution in [-0.2, 0) is 4.74 Å². The van der Waals surface area contributed by atoms with Crippen molar-refractivity contribution in [2.45, 2.75) is 25.8 Å². The third-order valence-corrected chi connectivity index (χ3v) is 6.28. The zero-order valence-electron chi connectivity index (χ0n) is 19.4. The minimum atomic E-state index is -0.0202. The van der Waals surface area contributed by atoms with E-state index in [1.165, 1.54) is 0 Å². The number of anilines is 1. The van der Waals surface area contributed by atoms with Gasteiger partial charge in [0.15, 0.2) is 5.65 Å². The number of aryl methyl sites for hydroxylation is 1. The summed E-state index contributed by atoms with van der Waals surface area (Å²) in [6.45, 7) is 4.23. The molecule has 178 valence electrons. The molecule has 0 atom stereocenters. The van der Waals surface area contributed by atoms with Crippen LogP contribution in [0.15, 0.2) is 55.0 Å². The molecule has 1 amide bonds. The lowest BCUT2D eigenvalue weighted by molar-refractivity contribution is -0.0249. The zero-order valence-corrected chi connectivity index (χ0v) is 19.4. The van der Waals surface area contributed by atoms with E-state index in [9.17, 15) is 4.79 Å². The van der Waals surface area contributed by atoms with Crippen molar-refractivity contribution in [3.05, 3.63) is 66.1 Å². The summed E-state index contributed by atoms with van der Waals surface area (Å²) < 4.78 is 13.1. The molecule has 4 heterocycles. The molecule has 1 aromatic carbocycles. The van der Waals surface area contributed by atoms with E-state index < -0.39 is 0 Å². The number of carbonyl (C=O) groups is 1. The Balaban J connectivity index is 1.36. The van der Waals surface area contributed by atoms with Crippen molar-refractivity contribution in [3.8, 4) is 22.8 Å². The number of rotatable bonds is 8. The van der Waals surface area contributed by atoms with Gasteiger partial charge in [0, 0.05) is 41.9 Å². The van der Waals surface area contributed by atoms with Gasteiger partial charge in [-0.15, -0.1) is 0 Å². The van der Waals surface area contributed by atoms with Crippen molar-refractivity contribution in [2.75, 3.05) is 25.1 Å². The molecule has 9 nitrogen and oxygen atoms in total. The van der Waals surface area contributed by atoms with E-state index in [0.717, 1.165) is 55.1 Å². The molecule has 0 spiro atoms. The van der Waals surface area contributed by atoms with Crippen molar-refractivity contribution in [3.63, 3.8) is 0 Å². The van der Waals surface area contributed by atoms with Crippen LogP contribution in [0.2, 0.25) is 0 Å². The zero-order chi connectivity index (χ0) is 23.8. The maximum absolute atomic E-state index is 12.6. The highest BCUT2D eigenvalue weighted by atomic mass is 16.5. The fourth-order valence-electron chi connectivity index (χ4n) is 4.08. The minimum absolute atomic E-state index is 0.0202. The van der Waals surface area contributed by atoms with Gasteiger partial charge in [0.1, 0.15) is 11.6 Å². The second kappa shape index (κ2) is 8.99. The van der Waals surface area contributed by atoms with Crippen LogP contribution in [0.5, 0.6) is 11.6 Å². The van der Waals surface area contributed by atoms with Gasteiger partial charge in [-0.3, -0.25) is 9.78 Å². The number of carbonyl (C=O) groups excluding carboxylic acids is 1. The Hall–Kier alpha value is -3.98. The van der Waals surface area contributed by atoms with Gasteiger partial charge in [0.25, 0.3) is 5.91 Å². The van der Waals surface area contributed by atoms with Gasteiger partial charge in [0.05, 0.1) is 25.6 Å². The smallest absolute Gasteiger partial charge is 0.251 e. The van der Waals surface area contributed by atoms with E-state index >= 15 is 0 Å². The molecule has 1 aliphatic heterocycles.